The normalized spacial score (nSPS) is 12.6. The van der Waals surface area contributed by atoms with Gasteiger partial charge in [-0.2, -0.15) is 18.2 Å². The maximum absolute atomic E-state index is 6.85. The second kappa shape index (κ2) is 18.5. The van der Waals surface area contributed by atoms with Crippen molar-refractivity contribution in [2.75, 3.05) is 0 Å². The summed E-state index contributed by atoms with van der Waals surface area (Å²) in [5, 5.41) is 2.22. The van der Waals surface area contributed by atoms with Gasteiger partial charge in [-0.15, -0.1) is 29.7 Å². The fourth-order valence-corrected chi connectivity index (χ4v) is 10.9. The van der Waals surface area contributed by atoms with Gasteiger partial charge in [0.2, 0.25) is 0 Å². The molecule has 0 saturated heterocycles. The number of rotatable bonds is 5. The van der Waals surface area contributed by atoms with Gasteiger partial charge in [0, 0.05) is 44.3 Å². The third-order valence-corrected chi connectivity index (χ3v) is 15.2. The molecule has 3 aromatic heterocycles. The molecule has 0 radical (unpaired) electrons. The van der Waals surface area contributed by atoms with E-state index in [0.717, 1.165) is 72.3 Å². The molecule has 6 heteroatoms. The molecule has 0 N–H and O–H groups in total. The molecule has 11 aromatic rings. The van der Waals surface area contributed by atoms with E-state index in [-0.39, 0.29) is 42.7 Å². The Balaban J connectivity index is 0.00000616. The molecule has 5 nitrogen and oxygen atoms in total. The predicted octanol–water partition coefficient (Wildman–Crippen LogP) is 17.8. The van der Waals surface area contributed by atoms with Crippen molar-refractivity contribution < 1.29 is 30.4 Å². The summed E-state index contributed by atoms with van der Waals surface area (Å²) in [6.07, 6.45) is 5.95. The van der Waals surface area contributed by atoms with Crippen LogP contribution in [0.5, 0.6) is 11.5 Å². The number of aromatic nitrogens is 4. The fourth-order valence-electron chi connectivity index (χ4n) is 10.9. The van der Waals surface area contributed by atoms with Crippen molar-refractivity contribution in [3.63, 3.8) is 0 Å². The van der Waals surface area contributed by atoms with Gasteiger partial charge in [0.05, 0.1) is 16.7 Å². The molecular weight excluding hydrogens is 1110 g/mol. The van der Waals surface area contributed by atoms with Crippen molar-refractivity contribution in [3.05, 3.63) is 211 Å². The van der Waals surface area contributed by atoms with Crippen LogP contribution < -0.4 is 9.30 Å². The van der Waals surface area contributed by atoms with E-state index in [0.29, 0.717) is 11.5 Å². The van der Waals surface area contributed by atoms with Crippen LogP contribution in [-0.2, 0) is 42.7 Å². The van der Waals surface area contributed by atoms with Crippen LogP contribution in [0.25, 0.3) is 94.5 Å². The van der Waals surface area contributed by atoms with Crippen LogP contribution in [0.4, 0.5) is 0 Å². The van der Waals surface area contributed by atoms with Crippen LogP contribution >= 0.6 is 0 Å². The molecule has 0 unspecified atom stereocenters. The molecule has 0 bridgehead atoms. The molecule has 382 valence electrons. The van der Waals surface area contributed by atoms with E-state index in [1.165, 1.54) is 44.5 Å². The molecule has 76 heavy (non-hydrogen) atoms. The van der Waals surface area contributed by atoms with Gasteiger partial charge >= 0.3 is 0 Å². The van der Waals surface area contributed by atoms with Crippen molar-refractivity contribution >= 4 is 32.8 Å². The van der Waals surface area contributed by atoms with Crippen molar-refractivity contribution in [1.82, 2.24) is 14.1 Å². The number of ether oxygens (including phenoxy) is 1. The van der Waals surface area contributed by atoms with Crippen LogP contribution in [-0.4, -0.2) is 14.1 Å². The zero-order valence-electron chi connectivity index (χ0n) is 45.7. The molecule has 0 aliphatic carbocycles. The number of benzene rings is 8. The molecule has 8 aromatic carbocycles. The smallest absolute Gasteiger partial charge is 0.268 e. The Labute approximate surface area is 463 Å². The number of hydrogen-bond acceptors (Lipinski definition) is 2. The largest absolute Gasteiger partial charge is 0.510 e. The van der Waals surface area contributed by atoms with Crippen LogP contribution in [0.2, 0.25) is 0 Å². The van der Waals surface area contributed by atoms with Crippen molar-refractivity contribution in [2.24, 2.45) is 0 Å². The number of hydrogen-bond donors (Lipinski definition) is 0. The molecule has 0 spiro atoms. The molecule has 0 atom stereocenters. The van der Waals surface area contributed by atoms with E-state index in [1.54, 1.807) is 0 Å². The first-order chi connectivity index (χ1) is 35.7. The Morgan fingerprint density at radius 1 is 0.447 bits per heavy atom. The quantitative estimate of drug-likeness (QED) is 0.127. The van der Waals surface area contributed by atoms with Crippen LogP contribution in [0.3, 0.4) is 0 Å². The summed E-state index contributed by atoms with van der Waals surface area (Å²) in [4.78, 5) is 4.91. The van der Waals surface area contributed by atoms with Crippen molar-refractivity contribution in [3.8, 4) is 73.2 Å². The fraction of sp³-hybridized carbons (Fsp3) is 0.229. The second-order valence-corrected chi connectivity index (χ2v) is 24.6. The topological polar surface area (TPSA) is 35.9 Å². The van der Waals surface area contributed by atoms with Crippen molar-refractivity contribution in [2.45, 2.75) is 105 Å². The summed E-state index contributed by atoms with van der Waals surface area (Å²) >= 11 is 0. The Hall–Kier alpha value is -7.33. The number of imidazole rings is 1. The average molecular weight is 1170 g/mol. The van der Waals surface area contributed by atoms with Crippen LogP contribution in [0.1, 0.15) is 105 Å². The third kappa shape index (κ3) is 8.81. The van der Waals surface area contributed by atoms with E-state index in [2.05, 4.69) is 267 Å². The van der Waals surface area contributed by atoms with Gasteiger partial charge < -0.3 is 13.9 Å². The molecule has 0 amide bonds. The van der Waals surface area contributed by atoms with E-state index >= 15 is 0 Å². The summed E-state index contributed by atoms with van der Waals surface area (Å²) in [6.45, 7) is 27.4. The first kappa shape index (κ1) is 50.8. The summed E-state index contributed by atoms with van der Waals surface area (Å²) in [6, 6.07) is 67.3. The van der Waals surface area contributed by atoms with E-state index < -0.39 is 0 Å². The van der Waals surface area contributed by atoms with Crippen molar-refractivity contribution in [1.29, 1.82) is 0 Å². The molecule has 0 fully saturated rings. The Kier molecular flexibility index (Phi) is 12.3. The summed E-state index contributed by atoms with van der Waals surface area (Å²) in [7, 11) is 0. The number of para-hydroxylation sites is 1. The molecular formula is C70H64N4OPt-2. The van der Waals surface area contributed by atoms with E-state index in [4.69, 9.17) is 9.72 Å². The maximum atomic E-state index is 6.85. The van der Waals surface area contributed by atoms with Crippen LogP contribution in [0, 0.1) is 18.5 Å². The van der Waals surface area contributed by atoms with Crippen LogP contribution in [0.15, 0.2) is 170 Å². The van der Waals surface area contributed by atoms with E-state index in [1.807, 2.05) is 18.3 Å². The molecule has 1 aliphatic rings. The standard InChI is InChI=1S/C70H64N4O.Pt/c1-67(2,3)45-30-28-44(29-31-45)58-36-47(69(7,8)9)37-59-54-24-15-13-22-52(54)53-23-14-16-25-55(53)60-38-48(70(10,11)12)39-63-66(60)73(65(58)59)43-72(63)49-20-19-21-50(41-49)75-51-32-33-57-56-26-17-18-27-61(56)74(62(57)42-51)64-40-46(34-35-71-64)68(4,5)6;/h13-40H,1-12H3;/q-2;. The minimum absolute atomic E-state index is 0. The van der Waals surface area contributed by atoms with Gasteiger partial charge in [0.15, 0.2) is 0 Å². The minimum atomic E-state index is -0.176. The van der Waals surface area contributed by atoms with Gasteiger partial charge in [-0.1, -0.05) is 198 Å². The minimum Gasteiger partial charge on any atom is -0.510 e. The van der Waals surface area contributed by atoms with Gasteiger partial charge in [-0.05, 0) is 124 Å². The predicted molar refractivity (Wildman–Crippen MR) is 310 cm³/mol. The Bertz CT molecular complexity index is 4070. The molecule has 1 aliphatic heterocycles. The molecule has 12 rings (SSSR count). The number of nitrogens with zero attached hydrogens (tertiary/aromatic N) is 4. The Morgan fingerprint density at radius 3 is 1.67 bits per heavy atom. The summed E-state index contributed by atoms with van der Waals surface area (Å²) < 4.78 is 13.6. The zero-order chi connectivity index (χ0) is 52.3. The Morgan fingerprint density at radius 2 is 1.01 bits per heavy atom. The van der Waals surface area contributed by atoms with Gasteiger partial charge in [0.25, 0.3) is 6.33 Å². The van der Waals surface area contributed by atoms with E-state index in [9.17, 15) is 0 Å². The van der Waals surface area contributed by atoms with Gasteiger partial charge in [0.1, 0.15) is 5.82 Å². The zero-order valence-corrected chi connectivity index (χ0v) is 48.0. The van der Waals surface area contributed by atoms with Gasteiger partial charge in [-0.25, -0.2) is 4.98 Å². The second-order valence-electron chi connectivity index (χ2n) is 24.6. The average Bonchev–Trinajstić information content (AvgIpc) is 3.94. The third-order valence-electron chi connectivity index (χ3n) is 15.2. The number of pyridine rings is 1. The number of fused-ring (bicyclic) bond motifs is 10. The first-order valence-electron chi connectivity index (χ1n) is 26.4. The van der Waals surface area contributed by atoms with Gasteiger partial charge in [-0.3, -0.25) is 4.57 Å². The maximum Gasteiger partial charge on any atom is 0.268 e. The monoisotopic (exact) mass is 1170 g/mol. The summed E-state index contributed by atoms with van der Waals surface area (Å²) in [5.74, 6) is 2.01. The summed E-state index contributed by atoms with van der Waals surface area (Å²) in [5.41, 5.74) is 19.9. The molecule has 4 heterocycles. The SMILES string of the molecule is CC(C)(C)c1ccc(-c2cc(C(C)(C)C)cc3c2-[n+]2[c-]n(-c4[c-]c(Oc5[c-]c6c(cc5)c5ccccc5n6-c5cc(C(C)(C)C)ccn5)ccc4)c4cc(C(C)(C)C)cc(c42)-c2ccccc2-c2ccccc2-3)cc1.[Pt]. The molecule has 0 saturated carbocycles. The first-order valence-corrected chi connectivity index (χ1v) is 26.4.